The van der Waals surface area contributed by atoms with Crippen LogP contribution < -0.4 is 10.1 Å². The van der Waals surface area contributed by atoms with Gasteiger partial charge in [-0.3, -0.25) is 0 Å². The summed E-state index contributed by atoms with van der Waals surface area (Å²) in [4.78, 5) is 0. The molecular weight excluding hydrogens is 250 g/mol. The van der Waals surface area contributed by atoms with E-state index >= 15 is 0 Å². The Morgan fingerprint density at radius 2 is 2.17 bits per heavy atom. The highest BCUT2D eigenvalue weighted by Gasteiger charge is 2.41. The lowest BCUT2D eigenvalue weighted by atomic mass is 9.76. The molecule has 100 valence electrons. The lowest BCUT2D eigenvalue weighted by Crippen LogP contribution is -2.53. The van der Waals surface area contributed by atoms with Gasteiger partial charge in [-0.25, -0.2) is 0 Å². The summed E-state index contributed by atoms with van der Waals surface area (Å²) >= 11 is 6.24. The Morgan fingerprint density at radius 3 is 2.67 bits per heavy atom. The van der Waals surface area contributed by atoms with Crippen LogP contribution in [-0.4, -0.2) is 33.4 Å². The Kier molecular flexibility index (Phi) is 4.15. The largest absolute Gasteiger partial charge is 0.495 e. The summed E-state index contributed by atoms with van der Waals surface area (Å²) in [6.07, 6.45) is 0. The molecule has 1 heterocycles. The molecule has 4 heteroatoms. The van der Waals surface area contributed by atoms with Crippen LogP contribution in [-0.2, 0) is 10.2 Å². The molecule has 1 aliphatic rings. The van der Waals surface area contributed by atoms with Crippen molar-refractivity contribution in [2.75, 3.05) is 33.4 Å². The zero-order valence-electron chi connectivity index (χ0n) is 11.2. The fourth-order valence-corrected chi connectivity index (χ4v) is 2.69. The maximum atomic E-state index is 6.24. The van der Waals surface area contributed by atoms with Crippen LogP contribution in [0.2, 0.25) is 5.02 Å². The lowest BCUT2D eigenvalue weighted by molar-refractivity contribution is -0.0591. The average Bonchev–Trinajstić information content (AvgIpc) is 2.31. The van der Waals surface area contributed by atoms with E-state index in [1.807, 2.05) is 12.1 Å². The minimum Gasteiger partial charge on any atom is -0.495 e. The molecule has 0 atom stereocenters. The van der Waals surface area contributed by atoms with E-state index in [1.165, 1.54) is 11.1 Å². The SMILES string of the molecule is CCNCC1(c2cc(Cl)c(OC)cc2C)COC1. The number of hydrogen-bond donors (Lipinski definition) is 1. The van der Waals surface area contributed by atoms with Crippen molar-refractivity contribution in [1.82, 2.24) is 5.32 Å². The normalized spacial score (nSPS) is 17.3. The van der Waals surface area contributed by atoms with Gasteiger partial charge in [-0.1, -0.05) is 18.5 Å². The molecule has 0 saturated carbocycles. The molecule has 0 bridgehead atoms. The molecule has 3 nitrogen and oxygen atoms in total. The molecule has 1 N–H and O–H groups in total. The minimum atomic E-state index is 0.0655. The first-order chi connectivity index (χ1) is 8.63. The number of hydrogen-bond acceptors (Lipinski definition) is 3. The predicted molar refractivity (Wildman–Crippen MR) is 73.8 cm³/mol. The molecule has 0 amide bonds. The molecule has 0 aromatic heterocycles. The predicted octanol–water partition coefficient (Wildman–Crippen LogP) is 2.53. The monoisotopic (exact) mass is 269 g/mol. The first-order valence-electron chi connectivity index (χ1n) is 6.26. The molecule has 1 aromatic rings. The third kappa shape index (κ3) is 2.35. The Hall–Kier alpha value is -0.770. The zero-order valence-corrected chi connectivity index (χ0v) is 11.9. The summed E-state index contributed by atoms with van der Waals surface area (Å²) in [5.74, 6) is 0.733. The van der Waals surface area contributed by atoms with Gasteiger partial charge < -0.3 is 14.8 Å². The van der Waals surface area contributed by atoms with Gasteiger partial charge in [0.1, 0.15) is 5.75 Å². The van der Waals surface area contributed by atoms with Gasteiger partial charge in [-0.15, -0.1) is 0 Å². The van der Waals surface area contributed by atoms with E-state index < -0.39 is 0 Å². The number of aryl methyl sites for hydroxylation is 1. The van der Waals surface area contributed by atoms with Gasteiger partial charge in [0.15, 0.2) is 0 Å². The fourth-order valence-electron chi connectivity index (χ4n) is 2.45. The Labute approximate surface area is 113 Å². The molecule has 1 aliphatic heterocycles. The van der Waals surface area contributed by atoms with E-state index in [9.17, 15) is 0 Å². The topological polar surface area (TPSA) is 30.5 Å². The van der Waals surface area contributed by atoms with Crippen molar-refractivity contribution in [3.8, 4) is 5.75 Å². The van der Waals surface area contributed by atoms with Crippen LogP contribution >= 0.6 is 11.6 Å². The molecule has 0 spiro atoms. The standard InChI is InChI=1S/C14H20ClNO2/c1-4-16-7-14(8-18-9-14)11-6-12(15)13(17-3)5-10(11)2/h5-6,16H,4,7-9H2,1-3H3. The van der Waals surface area contributed by atoms with Crippen molar-refractivity contribution in [2.45, 2.75) is 19.3 Å². The van der Waals surface area contributed by atoms with Crippen molar-refractivity contribution >= 4 is 11.6 Å². The van der Waals surface area contributed by atoms with E-state index in [0.29, 0.717) is 5.02 Å². The van der Waals surface area contributed by atoms with E-state index in [2.05, 4.69) is 19.2 Å². The van der Waals surface area contributed by atoms with Crippen LogP contribution in [0.4, 0.5) is 0 Å². The van der Waals surface area contributed by atoms with Gasteiger partial charge in [-0.05, 0) is 36.7 Å². The fraction of sp³-hybridized carbons (Fsp3) is 0.571. The molecular formula is C14H20ClNO2. The second-order valence-electron chi connectivity index (χ2n) is 4.86. The third-order valence-electron chi connectivity index (χ3n) is 3.54. The maximum absolute atomic E-state index is 6.24. The number of nitrogens with one attached hydrogen (secondary N) is 1. The highest BCUT2D eigenvalue weighted by molar-refractivity contribution is 6.32. The second-order valence-corrected chi connectivity index (χ2v) is 5.26. The van der Waals surface area contributed by atoms with Gasteiger partial charge in [-0.2, -0.15) is 0 Å². The van der Waals surface area contributed by atoms with E-state index in [1.54, 1.807) is 7.11 Å². The van der Waals surface area contributed by atoms with Crippen molar-refractivity contribution in [2.24, 2.45) is 0 Å². The van der Waals surface area contributed by atoms with Crippen LogP contribution in [0.3, 0.4) is 0 Å². The van der Waals surface area contributed by atoms with Gasteiger partial charge in [0.2, 0.25) is 0 Å². The van der Waals surface area contributed by atoms with Crippen LogP contribution in [0.1, 0.15) is 18.1 Å². The van der Waals surface area contributed by atoms with Crippen LogP contribution in [0, 0.1) is 6.92 Å². The average molecular weight is 270 g/mol. The molecule has 18 heavy (non-hydrogen) atoms. The number of halogens is 1. The first-order valence-corrected chi connectivity index (χ1v) is 6.64. The van der Waals surface area contributed by atoms with E-state index in [0.717, 1.165) is 32.1 Å². The van der Waals surface area contributed by atoms with Gasteiger partial charge in [0.25, 0.3) is 0 Å². The highest BCUT2D eigenvalue weighted by Crippen LogP contribution is 2.38. The summed E-state index contributed by atoms with van der Waals surface area (Å²) < 4.78 is 10.7. The molecule has 0 aliphatic carbocycles. The lowest BCUT2D eigenvalue weighted by Gasteiger charge is -2.43. The van der Waals surface area contributed by atoms with Crippen molar-refractivity contribution in [3.63, 3.8) is 0 Å². The second kappa shape index (κ2) is 5.47. The van der Waals surface area contributed by atoms with Crippen molar-refractivity contribution < 1.29 is 9.47 Å². The quantitative estimate of drug-likeness (QED) is 0.891. The summed E-state index contributed by atoms with van der Waals surface area (Å²) in [5, 5.41) is 4.08. The summed E-state index contributed by atoms with van der Waals surface area (Å²) in [7, 11) is 1.64. The zero-order chi connectivity index (χ0) is 13.2. The molecule has 1 aromatic carbocycles. The summed E-state index contributed by atoms with van der Waals surface area (Å²) in [6.45, 7) is 7.60. The number of methoxy groups -OCH3 is 1. The Morgan fingerprint density at radius 1 is 1.44 bits per heavy atom. The maximum Gasteiger partial charge on any atom is 0.137 e. The van der Waals surface area contributed by atoms with Crippen molar-refractivity contribution in [3.05, 3.63) is 28.3 Å². The molecule has 2 rings (SSSR count). The highest BCUT2D eigenvalue weighted by atomic mass is 35.5. The van der Waals surface area contributed by atoms with E-state index in [-0.39, 0.29) is 5.41 Å². The molecule has 0 radical (unpaired) electrons. The number of likely N-dealkylation sites (N-methyl/N-ethyl adjacent to an activating group) is 1. The summed E-state index contributed by atoms with van der Waals surface area (Å²) in [5.41, 5.74) is 2.54. The molecule has 1 fully saturated rings. The van der Waals surface area contributed by atoms with E-state index in [4.69, 9.17) is 21.1 Å². The number of ether oxygens (including phenoxy) is 2. The van der Waals surface area contributed by atoms with Gasteiger partial charge >= 0.3 is 0 Å². The smallest absolute Gasteiger partial charge is 0.137 e. The van der Waals surface area contributed by atoms with Gasteiger partial charge in [0.05, 0.1) is 30.8 Å². The first kappa shape index (κ1) is 13.7. The van der Waals surface area contributed by atoms with Crippen molar-refractivity contribution in [1.29, 1.82) is 0 Å². The van der Waals surface area contributed by atoms with Crippen LogP contribution in [0.15, 0.2) is 12.1 Å². The van der Waals surface area contributed by atoms with Crippen LogP contribution in [0.25, 0.3) is 0 Å². The number of rotatable bonds is 5. The molecule has 1 saturated heterocycles. The number of benzene rings is 1. The van der Waals surface area contributed by atoms with Crippen LogP contribution in [0.5, 0.6) is 5.75 Å². The Bertz CT molecular complexity index is 430. The summed E-state index contributed by atoms with van der Waals surface area (Å²) in [6, 6.07) is 4.03. The third-order valence-corrected chi connectivity index (χ3v) is 3.84. The molecule has 0 unspecified atom stereocenters. The Balaban J connectivity index is 2.34. The van der Waals surface area contributed by atoms with Gasteiger partial charge in [0, 0.05) is 6.54 Å². The minimum absolute atomic E-state index is 0.0655.